The Morgan fingerprint density at radius 2 is 1.95 bits per heavy atom. The lowest BCUT2D eigenvalue weighted by Gasteiger charge is -2.20. The van der Waals surface area contributed by atoms with Gasteiger partial charge >= 0.3 is 0 Å². The second-order valence-electron chi connectivity index (χ2n) is 5.10. The zero-order valence-electron chi connectivity index (χ0n) is 11.8. The molecule has 19 heavy (non-hydrogen) atoms. The van der Waals surface area contributed by atoms with E-state index in [-0.39, 0.29) is 30.0 Å². The van der Waals surface area contributed by atoms with Gasteiger partial charge in [-0.15, -0.1) is 0 Å². The van der Waals surface area contributed by atoms with E-state index in [1.807, 2.05) is 26.8 Å². The number of aromatic hydroxyl groups is 1. The number of aliphatic hydroxyl groups is 1. The normalized spacial score (nSPS) is 14.2. The second kappa shape index (κ2) is 7.14. The van der Waals surface area contributed by atoms with Crippen molar-refractivity contribution in [2.24, 2.45) is 5.92 Å². The fourth-order valence-corrected chi connectivity index (χ4v) is 1.86. The first kappa shape index (κ1) is 15.5. The number of carbonyl (C=O) groups excluding carboxylic acids is 1. The van der Waals surface area contributed by atoms with E-state index in [1.165, 1.54) is 0 Å². The summed E-state index contributed by atoms with van der Waals surface area (Å²) in [6, 6.07) is 6.74. The zero-order valence-corrected chi connectivity index (χ0v) is 11.8. The van der Waals surface area contributed by atoms with Gasteiger partial charge < -0.3 is 15.5 Å². The van der Waals surface area contributed by atoms with Crippen LogP contribution in [0, 0.1) is 5.92 Å². The third-order valence-corrected chi connectivity index (χ3v) is 3.22. The lowest BCUT2D eigenvalue weighted by atomic mass is 10.0. The predicted molar refractivity (Wildman–Crippen MR) is 74.7 cm³/mol. The molecule has 0 aliphatic heterocycles. The highest BCUT2D eigenvalue weighted by Gasteiger charge is 2.19. The summed E-state index contributed by atoms with van der Waals surface area (Å²) in [5.74, 6) is 0.0336. The van der Waals surface area contributed by atoms with Crippen LogP contribution in [0.25, 0.3) is 0 Å². The molecule has 0 heterocycles. The van der Waals surface area contributed by atoms with Crippen LogP contribution in [0.15, 0.2) is 24.3 Å². The molecule has 0 aromatic heterocycles. The summed E-state index contributed by atoms with van der Waals surface area (Å²) in [6.07, 6.45) is 0.130. The Hall–Kier alpha value is -1.55. The minimum absolute atomic E-state index is 0.0518. The van der Waals surface area contributed by atoms with E-state index in [9.17, 15) is 15.0 Å². The van der Waals surface area contributed by atoms with Crippen LogP contribution in [0.4, 0.5) is 0 Å². The van der Waals surface area contributed by atoms with E-state index in [0.29, 0.717) is 12.0 Å². The van der Waals surface area contributed by atoms with Gasteiger partial charge in [0.05, 0.1) is 18.6 Å². The number of phenolic OH excluding ortho intramolecular Hbond substituents is 1. The van der Waals surface area contributed by atoms with E-state index >= 15 is 0 Å². The Labute approximate surface area is 114 Å². The van der Waals surface area contributed by atoms with Crippen LogP contribution in [0.2, 0.25) is 0 Å². The lowest BCUT2D eigenvalue weighted by Crippen LogP contribution is -2.32. The summed E-state index contributed by atoms with van der Waals surface area (Å²) in [6.45, 7) is 5.69. The summed E-state index contributed by atoms with van der Waals surface area (Å²) in [7, 11) is 0. The van der Waals surface area contributed by atoms with E-state index in [4.69, 9.17) is 0 Å². The number of rotatable bonds is 6. The maximum absolute atomic E-state index is 11.9. The maximum Gasteiger partial charge on any atom is 0.223 e. The zero-order chi connectivity index (χ0) is 14.4. The average molecular weight is 265 g/mol. The number of para-hydroxylation sites is 1. The quantitative estimate of drug-likeness (QED) is 0.739. The first-order valence-electron chi connectivity index (χ1n) is 6.71. The molecule has 4 nitrogen and oxygen atoms in total. The third kappa shape index (κ3) is 4.56. The van der Waals surface area contributed by atoms with Crippen LogP contribution in [0.5, 0.6) is 5.75 Å². The molecule has 1 aromatic carbocycles. The van der Waals surface area contributed by atoms with Crippen molar-refractivity contribution in [3.05, 3.63) is 29.8 Å². The van der Waals surface area contributed by atoms with Crippen molar-refractivity contribution in [3.8, 4) is 5.75 Å². The highest BCUT2D eigenvalue weighted by atomic mass is 16.3. The molecule has 0 spiro atoms. The monoisotopic (exact) mass is 265 g/mol. The lowest BCUT2D eigenvalue weighted by molar-refractivity contribution is -0.124. The highest BCUT2D eigenvalue weighted by Crippen LogP contribution is 2.25. The maximum atomic E-state index is 11.9. The standard InChI is InChI=1S/C15H23NO3/c1-4-12(11-7-5-6-8-13(11)17)16-15(19)9-14(18)10(2)3/h5-8,10,12,14,17-18H,4,9H2,1-3H3,(H,16,19)/t12-,14+/m0/s1. The Balaban J connectivity index is 2.68. The number of hydrogen-bond donors (Lipinski definition) is 3. The fraction of sp³-hybridized carbons (Fsp3) is 0.533. The van der Waals surface area contributed by atoms with Crippen LogP contribution in [0.1, 0.15) is 45.2 Å². The van der Waals surface area contributed by atoms with Gasteiger partial charge in [0.15, 0.2) is 0 Å². The molecule has 0 aliphatic carbocycles. The van der Waals surface area contributed by atoms with Crippen molar-refractivity contribution in [1.29, 1.82) is 0 Å². The molecule has 4 heteroatoms. The number of carbonyl (C=O) groups is 1. The van der Waals surface area contributed by atoms with Gasteiger partial charge in [-0.2, -0.15) is 0 Å². The number of benzene rings is 1. The topological polar surface area (TPSA) is 69.6 Å². The van der Waals surface area contributed by atoms with E-state index in [2.05, 4.69) is 5.32 Å². The van der Waals surface area contributed by atoms with Crippen molar-refractivity contribution in [2.75, 3.05) is 0 Å². The Kier molecular flexibility index (Phi) is 5.83. The van der Waals surface area contributed by atoms with E-state index < -0.39 is 6.10 Å². The average Bonchev–Trinajstić information content (AvgIpc) is 2.36. The van der Waals surface area contributed by atoms with Crippen molar-refractivity contribution >= 4 is 5.91 Å². The van der Waals surface area contributed by atoms with E-state index in [1.54, 1.807) is 18.2 Å². The van der Waals surface area contributed by atoms with Crippen molar-refractivity contribution in [1.82, 2.24) is 5.32 Å². The van der Waals surface area contributed by atoms with E-state index in [0.717, 1.165) is 0 Å². The molecule has 0 unspecified atom stereocenters. The van der Waals surface area contributed by atoms with Gasteiger partial charge in [-0.05, 0) is 18.4 Å². The summed E-state index contributed by atoms with van der Waals surface area (Å²) < 4.78 is 0. The molecular formula is C15H23NO3. The predicted octanol–water partition coefficient (Wildman–Crippen LogP) is 2.37. The van der Waals surface area contributed by atoms with Gasteiger partial charge in [0.1, 0.15) is 5.75 Å². The molecule has 1 aromatic rings. The number of phenols is 1. The van der Waals surface area contributed by atoms with Gasteiger partial charge in [-0.1, -0.05) is 39.0 Å². The van der Waals surface area contributed by atoms with Gasteiger partial charge in [0, 0.05) is 5.56 Å². The number of aliphatic hydroxyl groups excluding tert-OH is 1. The SMILES string of the molecule is CC[C@H](NC(=O)C[C@@H](O)C(C)C)c1ccccc1O. The second-order valence-corrected chi connectivity index (χ2v) is 5.10. The first-order valence-corrected chi connectivity index (χ1v) is 6.71. The van der Waals surface area contributed by atoms with Gasteiger partial charge in [-0.25, -0.2) is 0 Å². The summed E-state index contributed by atoms with van der Waals surface area (Å²) in [4.78, 5) is 11.9. The Bertz CT molecular complexity index is 418. The largest absolute Gasteiger partial charge is 0.508 e. The summed E-state index contributed by atoms with van der Waals surface area (Å²) in [5.41, 5.74) is 0.706. The number of amides is 1. The van der Waals surface area contributed by atoms with Crippen LogP contribution in [0.3, 0.4) is 0 Å². The first-order chi connectivity index (χ1) is 8.95. The molecule has 1 amide bonds. The number of nitrogens with one attached hydrogen (secondary N) is 1. The van der Waals surface area contributed by atoms with Gasteiger partial charge in [-0.3, -0.25) is 4.79 Å². The molecule has 0 bridgehead atoms. The van der Waals surface area contributed by atoms with Crippen LogP contribution < -0.4 is 5.32 Å². The highest BCUT2D eigenvalue weighted by molar-refractivity contribution is 5.77. The van der Waals surface area contributed by atoms with Crippen LogP contribution in [-0.2, 0) is 4.79 Å². The van der Waals surface area contributed by atoms with Crippen molar-refractivity contribution in [2.45, 2.75) is 45.8 Å². The minimum atomic E-state index is -0.637. The van der Waals surface area contributed by atoms with Crippen LogP contribution >= 0.6 is 0 Å². The summed E-state index contributed by atoms with van der Waals surface area (Å²) in [5, 5.41) is 22.3. The smallest absolute Gasteiger partial charge is 0.223 e. The third-order valence-electron chi connectivity index (χ3n) is 3.22. The van der Waals surface area contributed by atoms with Gasteiger partial charge in [0.2, 0.25) is 5.91 Å². The molecule has 106 valence electrons. The molecular weight excluding hydrogens is 242 g/mol. The molecule has 3 N–H and O–H groups in total. The molecule has 1 rings (SSSR count). The minimum Gasteiger partial charge on any atom is -0.508 e. The molecule has 0 aliphatic rings. The van der Waals surface area contributed by atoms with Crippen LogP contribution in [-0.4, -0.2) is 22.2 Å². The fourth-order valence-electron chi connectivity index (χ4n) is 1.86. The van der Waals surface area contributed by atoms with Gasteiger partial charge in [0.25, 0.3) is 0 Å². The molecule has 0 radical (unpaired) electrons. The molecule has 0 saturated carbocycles. The van der Waals surface area contributed by atoms with Crippen molar-refractivity contribution < 1.29 is 15.0 Å². The van der Waals surface area contributed by atoms with Crippen molar-refractivity contribution in [3.63, 3.8) is 0 Å². The Morgan fingerprint density at radius 3 is 2.47 bits per heavy atom. The molecule has 0 fully saturated rings. The Morgan fingerprint density at radius 1 is 1.32 bits per heavy atom. The molecule has 0 saturated heterocycles. The number of hydrogen-bond acceptors (Lipinski definition) is 3. The molecule has 2 atom stereocenters. The summed E-state index contributed by atoms with van der Waals surface area (Å²) >= 11 is 0.